The van der Waals surface area contributed by atoms with Gasteiger partial charge in [-0.15, -0.1) is 0 Å². The molecule has 1 fully saturated rings. The molecule has 3 heteroatoms. The highest BCUT2D eigenvalue weighted by Crippen LogP contribution is 2.26. The zero-order valence-corrected chi connectivity index (χ0v) is 10.2. The summed E-state index contributed by atoms with van der Waals surface area (Å²) in [5, 5.41) is 0.498. The first-order valence-corrected chi connectivity index (χ1v) is 6.33. The summed E-state index contributed by atoms with van der Waals surface area (Å²) in [5.41, 5.74) is 6.98. The Hall–Kier alpha value is -1.09. The maximum absolute atomic E-state index is 5.86. The van der Waals surface area contributed by atoms with E-state index < -0.39 is 0 Å². The van der Waals surface area contributed by atoms with Gasteiger partial charge in [0.1, 0.15) is 0 Å². The Bertz CT molecular complexity index is 344. The van der Waals surface area contributed by atoms with Crippen LogP contribution in [0.1, 0.15) is 32.1 Å². The predicted molar refractivity (Wildman–Crippen MR) is 72.6 cm³/mol. The van der Waals surface area contributed by atoms with Crippen molar-refractivity contribution < 1.29 is 0 Å². The van der Waals surface area contributed by atoms with Gasteiger partial charge in [0.25, 0.3) is 0 Å². The summed E-state index contributed by atoms with van der Waals surface area (Å²) in [6.07, 6.45) is 6.32. The lowest BCUT2D eigenvalue weighted by atomic mass is 9.94. The van der Waals surface area contributed by atoms with E-state index in [2.05, 4.69) is 17.0 Å². The van der Waals surface area contributed by atoms with Gasteiger partial charge >= 0.3 is 0 Å². The molecule has 0 bridgehead atoms. The quantitative estimate of drug-likeness (QED) is 0.797. The minimum Gasteiger partial charge on any atom is -0.376 e. The highest BCUT2D eigenvalue weighted by atomic mass is 32.1. The molecule has 1 aromatic carbocycles. The van der Waals surface area contributed by atoms with Crippen molar-refractivity contribution in [1.29, 1.82) is 0 Å². The summed E-state index contributed by atoms with van der Waals surface area (Å²) in [7, 11) is 0. The monoisotopic (exact) mass is 234 g/mol. The summed E-state index contributed by atoms with van der Waals surface area (Å²) >= 11 is 5.18. The first-order valence-electron chi connectivity index (χ1n) is 5.93. The van der Waals surface area contributed by atoms with E-state index in [0.717, 1.165) is 5.69 Å². The summed E-state index contributed by atoms with van der Waals surface area (Å²) in [6, 6.07) is 10.7. The Morgan fingerprint density at radius 2 is 1.75 bits per heavy atom. The van der Waals surface area contributed by atoms with Crippen molar-refractivity contribution in [3.63, 3.8) is 0 Å². The molecule has 16 heavy (non-hydrogen) atoms. The second-order valence-electron chi connectivity index (χ2n) is 4.34. The molecular formula is C13H18N2S. The number of thiocarbonyl (C=S) groups is 1. The Balaban J connectivity index is 2.20. The highest BCUT2D eigenvalue weighted by molar-refractivity contribution is 7.80. The average Bonchev–Trinajstić information content (AvgIpc) is 2.31. The van der Waals surface area contributed by atoms with Crippen LogP contribution in [0, 0.1) is 0 Å². The molecule has 0 saturated heterocycles. The first kappa shape index (κ1) is 11.4. The molecule has 0 unspecified atom stereocenters. The van der Waals surface area contributed by atoms with Crippen LogP contribution in [-0.4, -0.2) is 11.2 Å². The van der Waals surface area contributed by atoms with Gasteiger partial charge in [-0.05, 0) is 37.2 Å². The molecular weight excluding hydrogens is 216 g/mol. The van der Waals surface area contributed by atoms with Crippen molar-refractivity contribution >= 4 is 23.0 Å². The molecule has 0 radical (unpaired) electrons. The smallest absolute Gasteiger partial charge is 0.171 e. The third-order valence-corrected chi connectivity index (χ3v) is 3.41. The summed E-state index contributed by atoms with van der Waals surface area (Å²) in [5.74, 6) is 0. The van der Waals surface area contributed by atoms with Crippen LogP contribution in [0.4, 0.5) is 5.69 Å². The second-order valence-corrected chi connectivity index (χ2v) is 4.75. The van der Waals surface area contributed by atoms with Gasteiger partial charge in [-0.2, -0.15) is 0 Å². The van der Waals surface area contributed by atoms with Crippen LogP contribution < -0.4 is 10.6 Å². The van der Waals surface area contributed by atoms with Crippen LogP contribution in [0.15, 0.2) is 30.3 Å². The van der Waals surface area contributed by atoms with Crippen molar-refractivity contribution in [1.82, 2.24) is 0 Å². The summed E-state index contributed by atoms with van der Waals surface area (Å²) in [4.78, 5) is 2.12. The molecule has 86 valence electrons. The summed E-state index contributed by atoms with van der Waals surface area (Å²) in [6.45, 7) is 0. The number of benzene rings is 1. The van der Waals surface area contributed by atoms with Crippen molar-refractivity contribution in [3.8, 4) is 0 Å². The second kappa shape index (κ2) is 5.30. The SMILES string of the molecule is NC(=S)N(c1ccccc1)C1CCCCC1. The van der Waals surface area contributed by atoms with E-state index in [1.54, 1.807) is 0 Å². The lowest BCUT2D eigenvalue weighted by molar-refractivity contribution is 0.440. The molecule has 0 aliphatic heterocycles. The fourth-order valence-electron chi connectivity index (χ4n) is 2.45. The first-order chi connectivity index (χ1) is 7.79. The minimum absolute atomic E-state index is 0.494. The standard InChI is InChI=1S/C13H18N2S/c14-13(16)15(11-7-3-1-4-8-11)12-9-5-2-6-10-12/h1,3-4,7-8,12H,2,5-6,9-10H2,(H2,14,16). The zero-order valence-electron chi connectivity index (χ0n) is 9.43. The number of rotatable bonds is 2. The van der Waals surface area contributed by atoms with Crippen molar-refractivity contribution in [3.05, 3.63) is 30.3 Å². The Labute approximate surface area is 102 Å². The molecule has 1 aliphatic rings. The van der Waals surface area contributed by atoms with Crippen LogP contribution in [0.3, 0.4) is 0 Å². The maximum Gasteiger partial charge on any atom is 0.171 e. The lowest BCUT2D eigenvalue weighted by Gasteiger charge is -2.34. The van der Waals surface area contributed by atoms with Crippen molar-refractivity contribution in [2.45, 2.75) is 38.1 Å². The molecule has 0 spiro atoms. The number of hydrogen-bond donors (Lipinski definition) is 1. The van der Waals surface area contributed by atoms with Gasteiger partial charge in [0.15, 0.2) is 5.11 Å². The van der Waals surface area contributed by atoms with Gasteiger partial charge in [0.2, 0.25) is 0 Å². The van der Waals surface area contributed by atoms with E-state index in [0.29, 0.717) is 11.2 Å². The number of nitrogens with zero attached hydrogens (tertiary/aromatic N) is 1. The maximum atomic E-state index is 5.86. The fraction of sp³-hybridized carbons (Fsp3) is 0.462. The molecule has 2 rings (SSSR count). The van der Waals surface area contributed by atoms with Gasteiger partial charge < -0.3 is 10.6 Å². The van der Waals surface area contributed by atoms with Crippen LogP contribution in [0.25, 0.3) is 0 Å². The molecule has 0 atom stereocenters. The lowest BCUT2D eigenvalue weighted by Crippen LogP contribution is -2.44. The number of anilines is 1. The van der Waals surface area contributed by atoms with E-state index in [4.69, 9.17) is 18.0 Å². The normalized spacial score (nSPS) is 17.0. The Morgan fingerprint density at radius 3 is 2.31 bits per heavy atom. The molecule has 1 aliphatic carbocycles. The zero-order chi connectivity index (χ0) is 11.4. The van der Waals surface area contributed by atoms with Gasteiger partial charge in [-0.3, -0.25) is 0 Å². The fourth-order valence-corrected chi connectivity index (χ4v) is 2.70. The molecule has 0 aromatic heterocycles. The van der Waals surface area contributed by atoms with Crippen LogP contribution in [-0.2, 0) is 0 Å². The van der Waals surface area contributed by atoms with Crippen molar-refractivity contribution in [2.24, 2.45) is 5.73 Å². The van der Waals surface area contributed by atoms with E-state index in [-0.39, 0.29) is 0 Å². The third kappa shape index (κ3) is 2.53. The molecule has 2 N–H and O–H groups in total. The number of nitrogens with two attached hydrogens (primary N) is 1. The highest BCUT2D eigenvalue weighted by Gasteiger charge is 2.22. The van der Waals surface area contributed by atoms with Gasteiger partial charge in [0.05, 0.1) is 0 Å². The van der Waals surface area contributed by atoms with E-state index in [1.165, 1.54) is 32.1 Å². The van der Waals surface area contributed by atoms with E-state index in [9.17, 15) is 0 Å². The van der Waals surface area contributed by atoms with Crippen LogP contribution in [0.5, 0.6) is 0 Å². The van der Waals surface area contributed by atoms with Crippen molar-refractivity contribution in [2.75, 3.05) is 4.90 Å². The third-order valence-electron chi connectivity index (χ3n) is 3.21. The number of hydrogen-bond acceptors (Lipinski definition) is 1. The molecule has 0 amide bonds. The summed E-state index contributed by atoms with van der Waals surface area (Å²) < 4.78 is 0. The molecule has 1 saturated carbocycles. The number of para-hydroxylation sites is 1. The largest absolute Gasteiger partial charge is 0.376 e. The predicted octanol–water partition coefficient (Wildman–Crippen LogP) is 3.07. The van der Waals surface area contributed by atoms with E-state index in [1.807, 2.05) is 18.2 Å². The Kier molecular flexibility index (Phi) is 3.78. The van der Waals surface area contributed by atoms with E-state index >= 15 is 0 Å². The Morgan fingerprint density at radius 1 is 1.12 bits per heavy atom. The molecule has 1 aromatic rings. The van der Waals surface area contributed by atoms with Crippen LogP contribution >= 0.6 is 12.2 Å². The van der Waals surface area contributed by atoms with Gasteiger partial charge in [-0.1, -0.05) is 37.5 Å². The average molecular weight is 234 g/mol. The topological polar surface area (TPSA) is 29.3 Å². The van der Waals surface area contributed by atoms with Gasteiger partial charge in [-0.25, -0.2) is 0 Å². The molecule has 0 heterocycles. The molecule has 2 nitrogen and oxygen atoms in total. The van der Waals surface area contributed by atoms with Crippen LogP contribution in [0.2, 0.25) is 0 Å². The minimum atomic E-state index is 0.494. The van der Waals surface area contributed by atoms with Gasteiger partial charge in [0, 0.05) is 11.7 Å².